The highest BCUT2D eigenvalue weighted by atomic mass is 15.3. The zero-order chi connectivity index (χ0) is 13.3. The first kappa shape index (κ1) is 13.6. The molecule has 102 valence electrons. The van der Waals surface area contributed by atoms with Gasteiger partial charge in [-0.1, -0.05) is 6.92 Å². The van der Waals surface area contributed by atoms with Crippen molar-refractivity contribution in [3.63, 3.8) is 0 Å². The van der Waals surface area contributed by atoms with Crippen LogP contribution in [0.5, 0.6) is 0 Å². The summed E-state index contributed by atoms with van der Waals surface area (Å²) in [4.78, 5) is 2.54. The maximum atomic E-state index is 5.87. The van der Waals surface area contributed by atoms with Crippen molar-refractivity contribution >= 4 is 0 Å². The monoisotopic (exact) mass is 250 g/mol. The number of aromatic nitrogens is 2. The van der Waals surface area contributed by atoms with E-state index in [2.05, 4.69) is 30.8 Å². The van der Waals surface area contributed by atoms with Crippen LogP contribution in [0.15, 0.2) is 0 Å². The molecular weight excluding hydrogens is 224 g/mol. The Morgan fingerprint density at radius 2 is 2.11 bits per heavy atom. The average Bonchev–Trinajstić information content (AvgIpc) is 2.58. The molecule has 1 aliphatic rings. The number of hydrogen-bond donors (Lipinski definition) is 1. The Labute approximate surface area is 110 Å². The van der Waals surface area contributed by atoms with Gasteiger partial charge in [0.1, 0.15) is 0 Å². The fourth-order valence-corrected chi connectivity index (χ4v) is 2.95. The highest BCUT2D eigenvalue weighted by Gasteiger charge is 2.26. The lowest BCUT2D eigenvalue weighted by Gasteiger charge is -2.36. The van der Waals surface area contributed by atoms with Crippen LogP contribution in [0.3, 0.4) is 0 Å². The predicted octanol–water partition coefficient (Wildman–Crippen LogP) is 1.45. The number of likely N-dealkylation sites (tertiary alicyclic amines) is 1. The van der Waals surface area contributed by atoms with Crippen molar-refractivity contribution in [2.24, 2.45) is 24.6 Å². The normalized spacial score (nSPS) is 25.6. The third-order valence-corrected chi connectivity index (χ3v) is 4.54. The number of rotatable bonds is 3. The summed E-state index contributed by atoms with van der Waals surface area (Å²) in [7, 11) is 2.02. The molecule has 2 heterocycles. The van der Waals surface area contributed by atoms with Gasteiger partial charge in [-0.3, -0.25) is 9.58 Å². The highest BCUT2D eigenvalue weighted by Crippen LogP contribution is 2.24. The number of piperidine rings is 1. The van der Waals surface area contributed by atoms with Gasteiger partial charge in [-0.15, -0.1) is 0 Å². The third kappa shape index (κ3) is 2.59. The summed E-state index contributed by atoms with van der Waals surface area (Å²) in [5.74, 6) is 1.42. The lowest BCUT2D eigenvalue weighted by molar-refractivity contribution is 0.126. The molecule has 0 radical (unpaired) electrons. The van der Waals surface area contributed by atoms with Gasteiger partial charge in [-0.05, 0) is 45.2 Å². The highest BCUT2D eigenvalue weighted by molar-refractivity contribution is 5.24. The van der Waals surface area contributed by atoms with Crippen molar-refractivity contribution in [3.8, 4) is 0 Å². The molecule has 1 aliphatic heterocycles. The van der Waals surface area contributed by atoms with Gasteiger partial charge in [-0.25, -0.2) is 0 Å². The maximum Gasteiger partial charge on any atom is 0.0641 e. The van der Waals surface area contributed by atoms with Crippen molar-refractivity contribution in [3.05, 3.63) is 17.0 Å². The van der Waals surface area contributed by atoms with E-state index in [4.69, 9.17) is 5.73 Å². The van der Waals surface area contributed by atoms with E-state index < -0.39 is 0 Å². The Morgan fingerprint density at radius 3 is 2.67 bits per heavy atom. The Bertz CT molecular complexity index is 410. The molecule has 2 N–H and O–H groups in total. The van der Waals surface area contributed by atoms with Crippen molar-refractivity contribution in [1.82, 2.24) is 14.7 Å². The summed E-state index contributed by atoms with van der Waals surface area (Å²) in [5.41, 5.74) is 9.71. The van der Waals surface area contributed by atoms with Gasteiger partial charge in [0.15, 0.2) is 0 Å². The fourth-order valence-electron chi connectivity index (χ4n) is 2.95. The van der Waals surface area contributed by atoms with E-state index >= 15 is 0 Å². The van der Waals surface area contributed by atoms with Crippen molar-refractivity contribution in [2.45, 2.75) is 33.7 Å². The number of aryl methyl sites for hydroxylation is 2. The molecule has 0 aliphatic carbocycles. The molecule has 18 heavy (non-hydrogen) atoms. The Balaban J connectivity index is 2.05. The smallest absolute Gasteiger partial charge is 0.0641 e. The van der Waals surface area contributed by atoms with Gasteiger partial charge in [-0.2, -0.15) is 5.10 Å². The van der Waals surface area contributed by atoms with E-state index in [0.29, 0.717) is 5.92 Å². The van der Waals surface area contributed by atoms with E-state index in [0.717, 1.165) is 31.2 Å². The number of hydrogen-bond acceptors (Lipinski definition) is 3. The van der Waals surface area contributed by atoms with Crippen LogP contribution in [0.1, 0.15) is 30.3 Å². The molecule has 2 rings (SSSR count). The molecule has 0 bridgehead atoms. The van der Waals surface area contributed by atoms with Crippen LogP contribution < -0.4 is 5.73 Å². The quantitative estimate of drug-likeness (QED) is 0.883. The molecule has 4 heteroatoms. The fraction of sp³-hybridized carbons (Fsp3) is 0.786. The van der Waals surface area contributed by atoms with Crippen LogP contribution in [0.25, 0.3) is 0 Å². The van der Waals surface area contributed by atoms with Crippen LogP contribution in [-0.2, 0) is 13.6 Å². The standard InChI is InChI=1S/C14H26N4/c1-10-5-6-18(8-13(10)7-15)9-14-11(2)16-17(4)12(14)3/h10,13H,5-9,15H2,1-4H3. The number of nitrogens with zero attached hydrogens (tertiary/aromatic N) is 3. The van der Waals surface area contributed by atoms with Gasteiger partial charge in [0, 0.05) is 31.4 Å². The van der Waals surface area contributed by atoms with Crippen molar-refractivity contribution < 1.29 is 0 Å². The average molecular weight is 250 g/mol. The summed E-state index contributed by atoms with van der Waals surface area (Å²) in [5, 5.41) is 4.50. The van der Waals surface area contributed by atoms with Gasteiger partial charge in [0.05, 0.1) is 5.69 Å². The molecule has 2 unspecified atom stereocenters. The minimum atomic E-state index is 0.649. The second-order valence-electron chi connectivity index (χ2n) is 5.77. The molecule has 0 aromatic carbocycles. The maximum absolute atomic E-state index is 5.87. The molecule has 0 saturated carbocycles. The first-order valence-electron chi connectivity index (χ1n) is 6.94. The summed E-state index contributed by atoms with van der Waals surface area (Å²) >= 11 is 0. The van der Waals surface area contributed by atoms with Gasteiger partial charge >= 0.3 is 0 Å². The molecule has 0 amide bonds. The third-order valence-electron chi connectivity index (χ3n) is 4.54. The van der Waals surface area contributed by atoms with Crippen LogP contribution in [0, 0.1) is 25.7 Å². The van der Waals surface area contributed by atoms with E-state index in [1.807, 2.05) is 11.7 Å². The van der Waals surface area contributed by atoms with Gasteiger partial charge in [0.25, 0.3) is 0 Å². The van der Waals surface area contributed by atoms with E-state index in [9.17, 15) is 0 Å². The molecule has 1 saturated heterocycles. The van der Waals surface area contributed by atoms with Crippen molar-refractivity contribution in [1.29, 1.82) is 0 Å². The van der Waals surface area contributed by atoms with Gasteiger partial charge < -0.3 is 5.73 Å². The van der Waals surface area contributed by atoms with E-state index in [1.54, 1.807) is 0 Å². The lowest BCUT2D eigenvalue weighted by atomic mass is 9.87. The molecular formula is C14H26N4. The summed E-state index contributed by atoms with van der Waals surface area (Å²) in [6.07, 6.45) is 1.26. The summed E-state index contributed by atoms with van der Waals surface area (Å²) in [6, 6.07) is 0. The molecule has 1 aromatic rings. The summed E-state index contributed by atoms with van der Waals surface area (Å²) in [6.45, 7) is 10.7. The first-order chi connectivity index (χ1) is 8.52. The molecule has 4 nitrogen and oxygen atoms in total. The molecule has 1 aromatic heterocycles. The Kier molecular flexibility index (Phi) is 4.07. The first-order valence-corrected chi connectivity index (χ1v) is 6.94. The zero-order valence-electron chi connectivity index (χ0n) is 12.1. The molecule has 1 fully saturated rings. The summed E-state index contributed by atoms with van der Waals surface area (Å²) < 4.78 is 1.98. The van der Waals surface area contributed by atoms with Crippen molar-refractivity contribution in [2.75, 3.05) is 19.6 Å². The lowest BCUT2D eigenvalue weighted by Crippen LogP contribution is -2.42. The van der Waals surface area contributed by atoms with Crippen LogP contribution >= 0.6 is 0 Å². The second-order valence-corrected chi connectivity index (χ2v) is 5.77. The second kappa shape index (κ2) is 5.41. The van der Waals surface area contributed by atoms with E-state index in [-0.39, 0.29) is 0 Å². The largest absolute Gasteiger partial charge is 0.330 e. The Morgan fingerprint density at radius 1 is 1.39 bits per heavy atom. The SMILES string of the molecule is Cc1nn(C)c(C)c1CN1CCC(C)C(CN)C1. The molecule has 2 atom stereocenters. The minimum Gasteiger partial charge on any atom is -0.330 e. The number of nitrogens with two attached hydrogens (primary N) is 1. The van der Waals surface area contributed by atoms with Crippen LogP contribution in [0.4, 0.5) is 0 Å². The Hall–Kier alpha value is -0.870. The van der Waals surface area contributed by atoms with Gasteiger partial charge in [0.2, 0.25) is 0 Å². The predicted molar refractivity (Wildman–Crippen MR) is 74.3 cm³/mol. The molecule has 0 spiro atoms. The van der Waals surface area contributed by atoms with Crippen LogP contribution in [-0.4, -0.2) is 34.3 Å². The van der Waals surface area contributed by atoms with E-state index in [1.165, 1.54) is 24.2 Å². The zero-order valence-corrected chi connectivity index (χ0v) is 12.1. The van der Waals surface area contributed by atoms with Crippen LogP contribution in [0.2, 0.25) is 0 Å². The minimum absolute atomic E-state index is 0.649. The topological polar surface area (TPSA) is 47.1 Å².